The number of nitrogens with two attached hydrogens (primary N) is 1. The zero-order valence-electron chi connectivity index (χ0n) is 48.8. The molecule has 450 valence electrons. The van der Waals surface area contributed by atoms with Crippen molar-refractivity contribution in [2.24, 2.45) is 45.2 Å². The molecule has 9 aliphatic rings. The molecule has 4 bridgehead atoms. The molecule has 2 saturated heterocycles. The molecule has 2 spiro atoms. The van der Waals surface area contributed by atoms with Crippen molar-refractivity contribution in [3.05, 3.63) is 119 Å². The third-order valence-electron chi connectivity index (χ3n) is 20.9. The van der Waals surface area contributed by atoms with Gasteiger partial charge in [0.2, 0.25) is 5.75 Å². The summed E-state index contributed by atoms with van der Waals surface area (Å²) in [5, 5.41) is 65.0. The van der Waals surface area contributed by atoms with Crippen LogP contribution >= 0.6 is 0 Å². The van der Waals surface area contributed by atoms with Gasteiger partial charge in [-0.15, -0.1) is 5.92 Å². The number of aryl methyl sites for hydroxylation is 1. The van der Waals surface area contributed by atoms with Crippen LogP contribution in [0.2, 0.25) is 0 Å². The van der Waals surface area contributed by atoms with Crippen molar-refractivity contribution in [2.75, 3.05) is 19.7 Å². The number of esters is 1. The molecule has 3 saturated carbocycles. The first-order valence-corrected chi connectivity index (χ1v) is 31.4. The predicted molar refractivity (Wildman–Crippen MR) is 323 cm³/mol. The number of allylic oxidation sites excluding steroid dienone is 2. The van der Waals surface area contributed by atoms with Gasteiger partial charge in [0.1, 0.15) is 24.6 Å². The SMILES string of the molecule is CC(=O)O[C@H]1C[C@@H](c2cc(O)c(O)c(OCCc3cccnc3)c2)O[C@@H]2[C@H]1CC[C@H]1C#C[C@H]3[C@@H]4CCC[C@@]35NC(=NCCCC3=CCNC(N)=C3)N[C@@H]3n6cc7[nH]ccc7c6CC[C@@]35[C@H](O)N[C@@H]3CCCC[C@H]3C#CC[C@]12Cc1ccc(O)c(c1)O4. The third kappa shape index (κ3) is 9.95. The molecule has 6 aliphatic heterocycles. The summed E-state index contributed by atoms with van der Waals surface area (Å²) < 4.78 is 30.0. The van der Waals surface area contributed by atoms with Crippen LogP contribution in [0, 0.1) is 58.2 Å². The van der Waals surface area contributed by atoms with Crippen LogP contribution in [-0.2, 0) is 33.5 Å². The van der Waals surface area contributed by atoms with Gasteiger partial charge < -0.3 is 70.6 Å². The van der Waals surface area contributed by atoms with Gasteiger partial charge in [-0.3, -0.25) is 20.1 Å². The number of pyridine rings is 1. The maximum atomic E-state index is 13.9. The van der Waals surface area contributed by atoms with Crippen LogP contribution in [0.3, 0.4) is 0 Å². The molecule has 3 aromatic heterocycles. The molecule has 0 amide bonds. The number of guanidine groups is 1. The lowest BCUT2D eigenvalue weighted by molar-refractivity contribution is -0.219. The molecule has 5 aromatic rings. The van der Waals surface area contributed by atoms with Crippen LogP contribution in [0.15, 0.2) is 102 Å². The number of H-pyrrole nitrogens is 1. The fraction of sp³-hybridized carbons (Fsp3) is 0.515. The van der Waals surface area contributed by atoms with E-state index in [0.29, 0.717) is 100 Å². The van der Waals surface area contributed by atoms with E-state index in [1.807, 2.05) is 36.5 Å². The number of nitrogens with zero attached hydrogens (tertiary/aromatic N) is 3. The Bertz CT molecular complexity index is 3630. The molecule has 2 aromatic carbocycles. The van der Waals surface area contributed by atoms with Crippen LogP contribution in [-0.4, -0.2) is 103 Å². The number of carbonyl (C=O) groups is 1. The van der Waals surface area contributed by atoms with Gasteiger partial charge in [0.15, 0.2) is 29.0 Å². The number of phenols is 3. The number of aromatic amines is 1. The number of carbonyl (C=O) groups excluding carboxylic acids is 1. The number of aliphatic imine (C=N–C) groups is 1. The summed E-state index contributed by atoms with van der Waals surface area (Å²) in [4.78, 5) is 26.5. The van der Waals surface area contributed by atoms with E-state index in [4.69, 9.17) is 29.7 Å². The van der Waals surface area contributed by atoms with Crippen molar-refractivity contribution >= 4 is 22.8 Å². The number of nitrogens with one attached hydrogen (secondary N) is 5. The van der Waals surface area contributed by atoms with Crippen molar-refractivity contribution in [2.45, 2.75) is 164 Å². The van der Waals surface area contributed by atoms with E-state index in [9.17, 15) is 25.2 Å². The highest BCUT2D eigenvalue weighted by Crippen LogP contribution is 2.61. The quantitative estimate of drug-likeness (QED) is 0.0275. The van der Waals surface area contributed by atoms with E-state index < -0.39 is 65.1 Å². The summed E-state index contributed by atoms with van der Waals surface area (Å²) in [6.07, 6.45) is 19.4. The van der Waals surface area contributed by atoms with Gasteiger partial charge in [0, 0.05) is 104 Å². The number of aliphatic hydroxyl groups excluding tert-OH is 1. The highest BCUT2D eigenvalue weighted by atomic mass is 16.6. The van der Waals surface area contributed by atoms with Crippen molar-refractivity contribution in [1.29, 1.82) is 0 Å². The van der Waals surface area contributed by atoms with E-state index in [-0.39, 0.29) is 53.4 Å². The minimum absolute atomic E-state index is 0.0164. The van der Waals surface area contributed by atoms with Gasteiger partial charge in [-0.1, -0.05) is 48.8 Å². The zero-order valence-corrected chi connectivity index (χ0v) is 48.8. The van der Waals surface area contributed by atoms with Crippen LogP contribution in [0.5, 0.6) is 28.7 Å². The Labute approximate surface area is 501 Å². The molecule has 0 unspecified atom stereocenters. The standard InChI is InChI=1S/C68H79N9O9/c1-40(78)84-57-36-56(45-34-54(80)61(81)59(35-45)83-31-23-42-9-6-27-70-38-42)86-62-48(57)17-15-46-16-18-49-55-13-5-25-68(49)67(64(82)74-50-12-3-2-10-44(50)11-4-24-66(46,62)37-43-14-19-53(79)58(32-43)85-55)26-20-52-47-22-30-71-51(47)39-77(52)63(67)75-65(76-68)73-28-7-8-41-21-29-72-60(69)33-41/h6,9,14,19,21-22,27,30,32-35,38-39,44,46,48-50,55-57,62-64,71-72,74,79-82H,2-3,5,7-8,10,12-13,15,17,20,23-26,28-29,31,36-37,69H2,1H3,(H2,73,75,76)/t44-,46-,48-,49-,50+,55-,56-,57-,62+,63+,64-,66-,67-,68+/m0/s1. The average Bonchev–Trinajstić information content (AvgIpc) is 1.09. The number of aromatic nitrogens is 3. The summed E-state index contributed by atoms with van der Waals surface area (Å²) in [6, 6.07) is 14.8. The van der Waals surface area contributed by atoms with Crippen LogP contribution in [0.25, 0.3) is 10.9 Å². The largest absolute Gasteiger partial charge is 0.504 e. The molecule has 18 nitrogen and oxygen atoms in total. The number of hydrogen-bond donors (Lipinski definition) is 10. The zero-order chi connectivity index (χ0) is 58.7. The monoisotopic (exact) mass is 1170 g/mol. The number of benzene rings is 2. The van der Waals surface area contributed by atoms with Gasteiger partial charge in [-0.25, -0.2) is 0 Å². The molecule has 3 aliphatic carbocycles. The highest BCUT2D eigenvalue weighted by Gasteiger charge is 2.70. The number of phenolic OH excluding ortho intramolecular Hbond substituents is 3. The number of aromatic hydroxyl groups is 3. The van der Waals surface area contributed by atoms with Gasteiger partial charge in [0.05, 0.1) is 47.0 Å². The van der Waals surface area contributed by atoms with Gasteiger partial charge in [0.25, 0.3) is 0 Å². The van der Waals surface area contributed by atoms with E-state index in [1.165, 1.54) is 24.3 Å². The van der Waals surface area contributed by atoms with Crippen LogP contribution in [0.4, 0.5) is 0 Å². The molecule has 14 rings (SSSR count). The first-order chi connectivity index (χ1) is 41.9. The Balaban J connectivity index is 0.933. The predicted octanol–water partition coefficient (Wildman–Crippen LogP) is 8.09. The minimum atomic E-state index is -1.05. The minimum Gasteiger partial charge on any atom is -0.504 e. The number of fused-ring (bicyclic) bond motifs is 8. The maximum absolute atomic E-state index is 13.9. The number of ether oxygens (including phenoxy) is 4. The van der Waals surface area contributed by atoms with E-state index in [2.05, 4.69) is 77.8 Å². The first-order valence-electron chi connectivity index (χ1n) is 31.4. The normalized spacial score (nSPS) is 33.7. The number of rotatable bonds is 10. The Morgan fingerprint density at radius 2 is 1.91 bits per heavy atom. The van der Waals surface area contributed by atoms with Gasteiger partial charge in [-0.05, 0) is 142 Å². The summed E-state index contributed by atoms with van der Waals surface area (Å²) in [6.45, 7) is 2.88. The average molecular weight is 1170 g/mol. The van der Waals surface area contributed by atoms with E-state index >= 15 is 0 Å². The van der Waals surface area contributed by atoms with Crippen molar-refractivity contribution in [3.8, 4) is 52.4 Å². The lowest BCUT2D eigenvalue weighted by Gasteiger charge is -2.65. The molecule has 11 N–H and O–H groups in total. The molecule has 86 heavy (non-hydrogen) atoms. The van der Waals surface area contributed by atoms with E-state index in [0.717, 1.165) is 67.0 Å². The second-order valence-electron chi connectivity index (χ2n) is 25.7. The Hall–Kier alpha value is -7.77. The van der Waals surface area contributed by atoms with Crippen LogP contribution in [0.1, 0.15) is 131 Å². The van der Waals surface area contributed by atoms with Crippen LogP contribution < -0.4 is 36.5 Å². The molecule has 18 heteroatoms. The highest BCUT2D eigenvalue weighted by molar-refractivity contribution is 5.85. The molecule has 9 heterocycles. The Morgan fingerprint density at radius 1 is 1.00 bits per heavy atom. The summed E-state index contributed by atoms with van der Waals surface area (Å²) in [7, 11) is 0. The lowest BCUT2D eigenvalue weighted by atomic mass is 9.51. The molecule has 0 radical (unpaired) electrons. The fourth-order valence-corrected chi connectivity index (χ4v) is 16.9. The molecular weight excluding hydrogens is 1090 g/mol. The van der Waals surface area contributed by atoms with Crippen molar-refractivity contribution < 1.29 is 44.2 Å². The van der Waals surface area contributed by atoms with Crippen molar-refractivity contribution in [3.63, 3.8) is 0 Å². The summed E-state index contributed by atoms with van der Waals surface area (Å²) in [5.41, 5.74) is 9.21. The van der Waals surface area contributed by atoms with Gasteiger partial charge in [-0.2, -0.15) is 0 Å². The summed E-state index contributed by atoms with van der Waals surface area (Å²) in [5.74, 6) is 15.2. The topological polar surface area (TPSA) is 255 Å². The first kappa shape index (κ1) is 56.1. The Kier molecular flexibility index (Phi) is 14.9. The smallest absolute Gasteiger partial charge is 0.302 e. The number of aliphatic hydroxyl groups is 1. The number of hydrogen-bond acceptors (Lipinski definition) is 14. The van der Waals surface area contributed by atoms with Crippen molar-refractivity contribution in [1.82, 2.24) is 35.8 Å². The summed E-state index contributed by atoms with van der Waals surface area (Å²) >= 11 is 0. The molecular formula is C68H79N9O9. The lowest BCUT2D eigenvalue weighted by Crippen LogP contribution is -2.81. The second-order valence-corrected chi connectivity index (χ2v) is 25.7. The number of dihydropyridines is 1. The Morgan fingerprint density at radius 3 is 2.78 bits per heavy atom. The second kappa shape index (κ2) is 22.8. The molecule has 14 atom stereocenters. The third-order valence-corrected chi connectivity index (χ3v) is 20.9. The van der Waals surface area contributed by atoms with Gasteiger partial charge >= 0.3 is 5.97 Å². The van der Waals surface area contributed by atoms with E-state index in [1.54, 1.807) is 24.5 Å². The fourth-order valence-electron chi connectivity index (χ4n) is 16.9. The molecule has 5 fully saturated rings. The maximum Gasteiger partial charge on any atom is 0.302 e.